The third-order valence-corrected chi connectivity index (χ3v) is 2.78. The van der Waals surface area contributed by atoms with E-state index in [4.69, 9.17) is 9.47 Å². The highest BCUT2D eigenvalue weighted by Crippen LogP contribution is 2.15. The number of hydrazone groups is 1. The Balaban J connectivity index is 2.36. The summed E-state index contributed by atoms with van der Waals surface area (Å²) in [5.41, 5.74) is 3.07. The van der Waals surface area contributed by atoms with Gasteiger partial charge in [-0.2, -0.15) is 5.10 Å². The van der Waals surface area contributed by atoms with E-state index in [-0.39, 0.29) is 12.3 Å². The van der Waals surface area contributed by atoms with Crippen LogP contribution in [0.5, 0.6) is 5.75 Å². The van der Waals surface area contributed by atoms with E-state index < -0.39 is 5.91 Å². The van der Waals surface area contributed by atoms with Crippen LogP contribution in [0.3, 0.4) is 0 Å². The van der Waals surface area contributed by atoms with Crippen molar-refractivity contribution >= 4 is 18.0 Å². The number of carbonyl (C=O) groups is 2. The molecule has 0 aliphatic carbocycles. The monoisotopic (exact) mass is 321 g/mol. The fraction of sp³-hybridized carbons (Fsp3) is 0.438. The van der Waals surface area contributed by atoms with Crippen molar-refractivity contribution in [3.8, 4) is 5.75 Å². The molecule has 1 aromatic carbocycles. The summed E-state index contributed by atoms with van der Waals surface area (Å²) in [6, 6.07) is 7.34. The summed E-state index contributed by atoms with van der Waals surface area (Å²) in [6.07, 6.45) is 1.92. The molecule has 7 nitrogen and oxygen atoms in total. The Morgan fingerprint density at radius 3 is 2.78 bits per heavy atom. The van der Waals surface area contributed by atoms with Crippen LogP contribution in [0.25, 0.3) is 0 Å². The second kappa shape index (κ2) is 11.2. The van der Waals surface area contributed by atoms with E-state index in [2.05, 4.69) is 15.8 Å². The van der Waals surface area contributed by atoms with E-state index >= 15 is 0 Å². The van der Waals surface area contributed by atoms with Crippen molar-refractivity contribution in [2.75, 3.05) is 26.9 Å². The zero-order valence-corrected chi connectivity index (χ0v) is 13.5. The van der Waals surface area contributed by atoms with Crippen LogP contribution in [0.4, 0.5) is 0 Å². The van der Waals surface area contributed by atoms with Gasteiger partial charge in [-0.25, -0.2) is 5.43 Å². The van der Waals surface area contributed by atoms with Crippen LogP contribution in [-0.2, 0) is 14.3 Å². The SMILES string of the molecule is CCOc1ccccc1C=NNC(=O)CC(=O)NCCCOC. The molecule has 2 N–H and O–H groups in total. The summed E-state index contributed by atoms with van der Waals surface area (Å²) < 4.78 is 10.3. The molecule has 0 saturated heterocycles. The van der Waals surface area contributed by atoms with Gasteiger partial charge in [0.15, 0.2) is 0 Å². The first-order valence-corrected chi connectivity index (χ1v) is 7.46. The molecular weight excluding hydrogens is 298 g/mol. The molecule has 0 atom stereocenters. The van der Waals surface area contributed by atoms with Crippen LogP contribution < -0.4 is 15.5 Å². The highest BCUT2D eigenvalue weighted by atomic mass is 16.5. The summed E-state index contributed by atoms with van der Waals surface area (Å²) >= 11 is 0. The number of hydrogen-bond donors (Lipinski definition) is 2. The number of hydrogen-bond acceptors (Lipinski definition) is 5. The normalized spacial score (nSPS) is 10.5. The number of nitrogens with zero attached hydrogens (tertiary/aromatic N) is 1. The lowest BCUT2D eigenvalue weighted by atomic mass is 10.2. The number of para-hydroxylation sites is 1. The summed E-state index contributed by atoms with van der Waals surface area (Å²) in [7, 11) is 1.59. The van der Waals surface area contributed by atoms with Crippen molar-refractivity contribution in [3.63, 3.8) is 0 Å². The van der Waals surface area contributed by atoms with Gasteiger partial charge in [0.25, 0.3) is 0 Å². The summed E-state index contributed by atoms with van der Waals surface area (Å²) in [6.45, 7) is 3.47. The third-order valence-electron chi connectivity index (χ3n) is 2.78. The third kappa shape index (κ3) is 7.96. The lowest BCUT2D eigenvalue weighted by molar-refractivity contribution is -0.129. The van der Waals surface area contributed by atoms with Crippen LogP contribution >= 0.6 is 0 Å². The average Bonchev–Trinajstić information content (AvgIpc) is 2.53. The van der Waals surface area contributed by atoms with Crippen molar-refractivity contribution in [1.82, 2.24) is 10.7 Å². The number of ether oxygens (including phenoxy) is 2. The molecule has 0 aromatic heterocycles. The van der Waals surface area contributed by atoms with Gasteiger partial charge in [0.2, 0.25) is 11.8 Å². The topological polar surface area (TPSA) is 89.0 Å². The molecule has 0 radical (unpaired) electrons. The van der Waals surface area contributed by atoms with Gasteiger partial charge in [-0.05, 0) is 25.5 Å². The van der Waals surface area contributed by atoms with E-state index in [0.29, 0.717) is 31.9 Å². The highest BCUT2D eigenvalue weighted by Gasteiger charge is 2.07. The second-order valence-electron chi connectivity index (χ2n) is 4.64. The molecule has 0 unspecified atom stereocenters. The van der Waals surface area contributed by atoms with Crippen molar-refractivity contribution < 1.29 is 19.1 Å². The van der Waals surface area contributed by atoms with Crippen LogP contribution in [0, 0.1) is 0 Å². The van der Waals surface area contributed by atoms with E-state index in [1.165, 1.54) is 6.21 Å². The van der Waals surface area contributed by atoms with Crippen molar-refractivity contribution in [2.45, 2.75) is 19.8 Å². The number of methoxy groups -OCH3 is 1. The first-order valence-electron chi connectivity index (χ1n) is 7.46. The minimum absolute atomic E-state index is 0.266. The Morgan fingerprint density at radius 1 is 1.26 bits per heavy atom. The van der Waals surface area contributed by atoms with Crippen LogP contribution in [0.1, 0.15) is 25.3 Å². The highest BCUT2D eigenvalue weighted by molar-refractivity contribution is 5.97. The molecule has 2 amide bonds. The van der Waals surface area contributed by atoms with Crippen LogP contribution in [0.15, 0.2) is 29.4 Å². The predicted octanol–water partition coefficient (Wildman–Crippen LogP) is 1.08. The average molecular weight is 321 g/mol. The number of amides is 2. The van der Waals surface area contributed by atoms with Crippen molar-refractivity contribution in [2.24, 2.45) is 5.10 Å². The summed E-state index contributed by atoms with van der Waals surface area (Å²) in [5, 5.41) is 6.47. The molecule has 1 rings (SSSR count). The molecule has 1 aromatic rings. The molecule has 0 spiro atoms. The Hall–Kier alpha value is -2.41. The van der Waals surface area contributed by atoms with Gasteiger partial charge in [0, 0.05) is 25.8 Å². The largest absolute Gasteiger partial charge is 0.493 e. The van der Waals surface area contributed by atoms with Gasteiger partial charge in [0.1, 0.15) is 12.2 Å². The van der Waals surface area contributed by atoms with E-state index in [0.717, 1.165) is 5.56 Å². The molecule has 0 saturated carbocycles. The Kier molecular flexibility index (Phi) is 9.07. The Bertz CT molecular complexity index is 532. The molecule has 23 heavy (non-hydrogen) atoms. The second-order valence-corrected chi connectivity index (χ2v) is 4.64. The standard InChI is InChI=1S/C16H23N3O4/c1-3-23-14-8-5-4-7-13(14)12-18-19-16(21)11-15(20)17-9-6-10-22-2/h4-5,7-8,12H,3,6,9-11H2,1-2H3,(H,17,20)(H,19,21). The minimum atomic E-state index is -0.473. The van der Waals surface area contributed by atoms with Crippen molar-refractivity contribution in [3.05, 3.63) is 29.8 Å². The number of carbonyl (C=O) groups excluding carboxylic acids is 2. The fourth-order valence-electron chi connectivity index (χ4n) is 1.74. The van der Waals surface area contributed by atoms with Crippen LogP contribution in [-0.4, -0.2) is 44.9 Å². The number of nitrogens with one attached hydrogen (secondary N) is 2. The van der Waals surface area contributed by atoms with Crippen LogP contribution in [0.2, 0.25) is 0 Å². The zero-order valence-electron chi connectivity index (χ0n) is 13.5. The molecule has 0 aliphatic rings. The molecule has 0 heterocycles. The predicted molar refractivity (Wildman–Crippen MR) is 87.5 cm³/mol. The zero-order chi connectivity index (χ0) is 16.9. The Morgan fingerprint density at radius 2 is 2.04 bits per heavy atom. The van der Waals surface area contributed by atoms with Gasteiger partial charge in [-0.15, -0.1) is 0 Å². The first-order chi connectivity index (χ1) is 11.2. The number of rotatable bonds is 10. The van der Waals surface area contributed by atoms with E-state index in [1.54, 1.807) is 7.11 Å². The molecule has 0 aliphatic heterocycles. The van der Waals surface area contributed by atoms with E-state index in [9.17, 15) is 9.59 Å². The first kappa shape index (κ1) is 18.6. The molecule has 126 valence electrons. The minimum Gasteiger partial charge on any atom is -0.493 e. The van der Waals surface area contributed by atoms with Crippen molar-refractivity contribution in [1.29, 1.82) is 0 Å². The van der Waals surface area contributed by atoms with Gasteiger partial charge in [0.05, 0.1) is 12.8 Å². The molecule has 0 bridgehead atoms. The lowest BCUT2D eigenvalue weighted by Crippen LogP contribution is -2.30. The summed E-state index contributed by atoms with van der Waals surface area (Å²) in [5.74, 6) is -0.133. The summed E-state index contributed by atoms with van der Waals surface area (Å²) in [4.78, 5) is 23.1. The lowest BCUT2D eigenvalue weighted by Gasteiger charge is -2.06. The van der Waals surface area contributed by atoms with Gasteiger partial charge < -0.3 is 14.8 Å². The molecule has 7 heteroatoms. The molecular formula is C16H23N3O4. The van der Waals surface area contributed by atoms with Gasteiger partial charge in [-0.1, -0.05) is 12.1 Å². The van der Waals surface area contributed by atoms with E-state index in [1.807, 2.05) is 31.2 Å². The van der Waals surface area contributed by atoms with Gasteiger partial charge in [-0.3, -0.25) is 9.59 Å². The Labute approximate surface area is 136 Å². The fourth-order valence-corrected chi connectivity index (χ4v) is 1.74. The maximum Gasteiger partial charge on any atom is 0.249 e. The molecule has 0 fully saturated rings. The quantitative estimate of drug-likeness (QED) is 0.292. The maximum absolute atomic E-state index is 11.6. The smallest absolute Gasteiger partial charge is 0.249 e. The number of benzene rings is 1. The van der Waals surface area contributed by atoms with Gasteiger partial charge >= 0.3 is 0 Å². The maximum atomic E-state index is 11.6.